The Morgan fingerprint density at radius 2 is 1.77 bits per heavy atom. The molecule has 2 aromatic carbocycles. The highest BCUT2D eigenvalue weighted by molar-refractivity contribution is 5.91. The molecule has 1 heterocycles. The maximum atomic E-state index is 11.0. The molecule has 1 aromatic heterocycles. The lowest BCUT2D eigenvalue weighted by Gasteiger charge is -2.07. The standard InChI is InChI=1S/C17H15NO4/c19-13-6-4-11(5-7-13)9-18-10-12(8-16(21)22)14-2-1-3-15(20)17(14)18/h1-7,10,19-20H,8-9H2,(H,21,22). The monoisotopic (exact) mass is 297 g/mol. The summed E-state index contributed by atoms with van der Waals surface area (Å²) in [5.74, 6) is -0.601. The van der Waals surface area contributed by atoms with Gasteiger partial charge in [-0.05, 0) is 29.3 Å². The van der Waals surface area contributed by atoms with E-state index in [0.717, 1.165) is 10.9 Å². The SMILES string of the molecule is O=C(O)Cc1cn(Cc2ccc(O)cc2)c2c(O)cccc12. The second kappa shape index (κ2) is 5.44. The van der Waals surface area contributed by atoms with E-state index < -0.39 is 5.97 Å². The summed E-state index contributed by atoms with van der Waals surface area (Å²) >= 11 is 0. The first-order chi connectivity index (χ1) is 10.5. The van der Waals surface area contributed by atoms with Crippen molar-refractivity contribution >= 4 is 16.9 Å². The molecule has 0 aliphatic heterocycles. The van der Waals surface area contributed by atoms with Gasteiger partial charge in [0.25, 0.3) is 0 Å². The van der Waals surface area contributed by atoms with Gasteiger partial charge < -0.3 is 19.9 Å². The number of nitrogens with zero attached hydrogens (tertiary/aromatic N) is 1. The molecule has 0 bridgehead atoms. The number of phenolic OH excluding ortho intramolecular Hbond substituents is 2. The Labute approximate surface area is 126 Å². The molecule has 5 nitrogen and oxygen atoms in total. The van der Waals surface area contributed by atoms with E-state index in [9.17, 15) is 15.0 Å². The first kappa shape index (κ1) is 14.0. The van der Waals surface area contributed by atoms with Gasteiger partial charge in [-0.25, -0.2) is 0 Å². The number of rotatable bonds is 4. The van der Waals surface area contributed by atoms with E-state index in [-0.39, 0.29) is 17.9 Å². The molecule has 0 saturated carbocycles. The van der Waals surface area contributed by atoms with E-state index in [0.29, 0.717) is 17.6 Å². The molecule has 0 aliphatic rings. The van der Waals surface area contributed by atoms with Crippen molar-refractivity contribution in [2.24, 2.45) is 0 Å². The molecular weight excluding hydrogens is 282 g/mol. The lowest BCUT2D eigenvalue weighted by atomic mass is 10.1. The van der Waals surface area contributed by atoms with E-state index in [2.05, 4.69) is 0 Å². The molecule has 0 saturated heterocycles. The molecule has 22 heavy (non-hydrogen) atoms. The molecule has 0 unspecified atom stereocenters. The van der Waals surface area contributed by atoms with Gasteiger partial charge in [-0.1, -0.05) is 24.3 Å². The Balaban J connectivity index is 2.08. The van der Waals surface area contributed by atoms with Crippen molar-refractivity contribution in [1.82, 2.24) is 4.57 Å². The summed E-state index contributed by atoms with van der Waals surface area (Å²) in [6, 6.07) is 11.9. The minimum atomic E-state index is -0.910. The number of para-hydroxylation sites is 1. The molecule has 0 radical (unpaired) electrons. The second-order valence-corrected chi connectivity index (χ2v) is 5.19. The van der Waals surface area contributed by atoms with E-state index in [4.69, 9.17) is 5.11 Å². The number of aromatic hydroxyl groups is 2. The number of carbonyl (C=O) groups is 1. The van der Waals surface area contributed by atoms with Gasteiger partial charge >= 0.3 is 5.97 Å². The van der Waals surface area contributed by atoms with E-state index in [1.165, 1.54) is 0 Å². The average molecular weight is 297 g/mol. The number of hydrogen-bond acceptors (Lipinski definition) is 3. The third kappa shape index (κ3) is 2.61. The predicted octanol–water partition coefficient (Wildman–Crippen LogP) is 2.73. The molecule has 3 N–H and O–H groups in total. The first-order valence-corrected chi connectivity index (χ1v) is 6.84. The second-order valence-electron chi connectivity index (χ2n) is 5.19. The molecule has 0 amide bonds. The summed E-state index contributed by atoms with van der Waals surface area (Å²) in [6.07, 6.45) is 1.66. The maximum absolute atomic E-state index is 11.0. The van der Waals surface area contributed by atoms with Crippen molar-refractivity contribution in [1.29, 1.82) is 0 Å². The summed E-state index contributed by atoms with van der Waals surface area (Å²) in [4.78, 5) is 11.0. The predicted molar refractivity (Wildman–Crippen MR) is 82.2 cm³/mol. The highest BCUT2D eigenvalue weighted by Gasteiger charge is 2.14. The zero-order chi connectivity index (χ0) is 15.7. The van der Waals surface area contributed by atoms with Crippen LogP contribution in [-0.4, -0.2) is 25.9 Å². The molecular formula is C17H15NO4. The summed E-state index contributed by atoms with van der Waals surface area (Å²) in [5.41, 5.74) is 2.23. The number of hydrogen-bond donors (Lipinski definition) is 3. The van der Waals surface area contributed by atoms with Crippen LogP contribution < -0.4 is 0 Å². The molecule has 3 aromatic rings. The molecule has 5 heteroatoms. The van der Waals surface area contributed by atoms with Crippen molar-refractivity contribution < 1.29 is 20.1 Å². The Kier molecular flexibility index (Phi) is 3.47. The normalized spacial score (nSPS) is 10.9. The Hall–Kier alpha value is -2.95. The Bertz CT molecular complexity index is 834. The van der Waals surface area contributed by atoms with Gasteiger partial charge in [-0.2, -0.15) is 0 Å². The van der Waals surface area contributed by atoms with E-state index >= 15 is 0 Å². The van der Waals surface area contributed by atoms with E-state index in [1.54, 1.807) is 48.7 Å². The Morgan fingerprint density at radius 1 is 1.05 bits per heavy atom. The van der Waals surface area contributed by atoms with Crippen LogP contribution in [0.5, 0.6) is 11.5 Å². The minimum absolute atomic E-state index is 0.0947. The van der Waals surface area contributed by atoms with Gasteiger partial charge in [-0.15, -0.1) is 0 Å². The van der Waals surface area contributed by atoms with Crippen LogP contribution in [0.1, 0.15) is 11.1 Å². The lowest BCUT2D eigenvalue weighted by molar-refractivity contribution is -0.136. The van der Waals surface area contributed by atoms with Gasteiger partial charge in [0.2, 0.25) is 0 Å². The van der Waals surface area contributed by atoms with Gasteiger partial charge in [0, 0.05) is 18.1 Å². The third-order valence-corrected chi connectivity index (χ3v) is 3.59. The van der Waals surface area contributed by atoms with Gasteiger partial charge in [0.05, 0.1) is 11.9 Å². The largest absolute Gasteiger partial charge is 0.508 e. The first-order valence-electron chi connectivity index (χ1n) is 6.84. The van der Waals surface area contributed by atoms with Crippen molar-refractivity contribution in [2.45, 2.75) is 13.0 Å². The summed E-state index contributed by atoms with van der Waals surface area (Å²) < 4.78 is 1.83. The number of phenols is 2. The lowest BCUT2D eigenvalue weighted by Crippen LogP contribution is -2.00. The van der Waals surface area contributed by atoms with Crippen LogP contribution in [0, 0.1) is 0 Å². The zero-order valence-corrected chi connectivity index (χ0v) is 11.7. The fourth-order valence-electron chi connectivity index (χ4n) is 2.64. The Morgan fingerprint density at radius 3 is 2.45 bits per heavy atom. The smallest absolute Gasteiger partial charge is 0.307 e. The van der Waals surface area contributed by atoms with Gasteiger partial charge in [-0.3, -0.25) is 4.79 Å². The van der Waals surface area contributed by atoms with Crippen LogP contribution in [-0.2, 0) is 17.8 Å². The number of benzene rings is 2. The maximum Gasteiger partial charge on any atom is 0.307 e. The fourth-order valence-corrected chi connectivity index (χ4v) is 2.64. The quantitative estimate of drug-likeness (QED) is 0.691. The van der Waals surface area contributed by atoms with Gasteiger partial charge in [0.15, 0.2) is 0 Å². The highest BCUT2D eigenvalue weighted by atomic mass is 16.4. The fraction of sp³-hybridized carbons (Fsp3) is 0.118. The summed E-state index contributed by atoms with van der Waals surface area (Å²) in [5, 5.41) is 29.2. The van der Waals surface area contributed by atoms with Crippen LogP contribution in [0.2, 0.25) is 0 Å². The average Bonchev–Trinajstić information content (AvgIpc) is 2.80. The summed E-state index contributed by atoms with van der Waals surface area (Å²) in [6.45, 7) is 0.480. The number of fused-ring (bicyclic) bond motifs is 1. The third-order valence-electron chi connectivity index (χ3n) is 3.59. The van der Waals surface area contributed by atoms with Crippen molar-refractivity contribution in [3.05, 3.63) is 59.8 Å². The topological polar surface area (TPSA) is 82.7 Å². The molecule has 0 spiro atoms. The van der Waals surface area contributed by atoms with Crippen molar-refractivity contribution in [3.8, 4) is 11.5 Å². The van der Waals surface area contributed by atoms with Crippen molar-refractivity contribution in [2.75, 3.05) is 0 Å². The van der Waals surface area contributed by atoms with Crippen LogP contribution in [0.15, 0.2) is 48.7 Å². The van der Waals surface area contributed by atoms with Crippen LogP contribution in [0.25, 0.3) is 10.9 Å². The van der Waals surface area contributed by atoms with Crippen LogP contribution in [0.3, 0.4) is 0 Å². The highest BCUT2D eigenvalue weighted by Crippen LogP contribution is 2.30. The zero-order valence-electron chi connectivity index (χ0n) is 11.7. The summed E-state index contributed by atoms with van der Waals surface area (Å²) in [7, 11) is 0. The minimum Gasteiger partial charge on any atom is -0.508 e. The number of aliphatic carboxylic acids is 1. The molecule has 0 aliphatic carbocycles. The van der Waals surface area contributed by atoms with Crippen LogP contribution >= 0.6 is 0 Å². The molecule has 0 atom stereocenters. The number of carboxylic acids is 1. The molecule has 3 rings (SSSR count). The van der Waals surface area contributed by atoms with Gasteiger partial charge in [0.1, 0.15) is 11.5 Å². The molecule has 0 fully saturated rings. The van der Waals surface area contributed by atoms with Crippen LogP contribution in [0.4, 0.5) is 0 Å². The molecule has 112 valence electrons. The number of aromatic nitrogens is 1. The van der Waals surface area contributed by atoms with Crippen molar-refractivity contribution in [3.63, 3.8) is 0 Å². The number of carboxylic acid groups (broad SMARTS) is 1. The van der Waals surface area contributed by atoms with E-state index in [1.807, 2.05) is 4.57 Å².